The molecule has 0 amide bonds. The average Bonchev–Trinajstić information content (AvgIpc) is 3.40. The van der Waals surface area contributed by atoms with Crippen molar-refractivity contribution in [3.63, 3.8) is 0 Å². The highest BCUT2D eigenvalue weighted by atomic mass is 32.1. The first-order valence-corrected chi connectivity index (χ1v) is 19.8. The van der Waals surface area contributed by atoms with Crippen molar-refractivity contribution in [1.82, 2.24) is 4.98 Å². The maximum atomic E-state index is 5.20. The van der Waals surface area contributed by atoms with E-state index in [2.05, 4.69) is 137 Å². The van der Waals surface area contributed by atoms with Crippen LogP contribution in [0.15, 0.2) is 66.9 Å². The molecule has 0 saturated heterocycles. The maximum absolute atomic E-state index is 5.20. The molecule has 3 aromatic carbocycles. The molecule has 0 saturated carbocycles. The molecule has 2 aromatic heterocycles. The van der Waals surface area contributed by atoms with Crippen molar-refractivity contribution in [2.75, 3.05) is 0 Å². The number of thiophene rings is 1. The molecule has 5 aromatic rings. The van der Waals surface area contributed by atoms with Gasteiger partial charge in [-0.3, -0.25) is 4.98 Å². The predicted molar refractivity (Wildman–Crippen MR) is 215 cm³/mol. The van der Waals surface area contributed by atoms with Gasteiger partial charge in [0.15, 0.2) is 0 Å². The lowest BCUT2D eigenvalue weighted by Gasteiger charge is -2.52. The molecule has 0 aliphatic heterocycles. The van der Waals surface area contributed by atoms with Gasteiger partial charge in [0.2, 0.25) is 0 Å². The highest BCUT2D eigenvalue weighted by molar-refractivity contribution is 7.23. The lowest BCUT2D eigenvalue weighted by molar-refractivity contribution is 0.0699. The molecule has 256 valence electrons. The van der Waals surface area contributed by atoms with E-state index in [1.807, 2.05) is 17.5 Å². The molecule has 2 heteroatoms. The quantitative estimate of drug-likeness (QED) is 0.123. The number of hydrogen-bond acceptors (Lipinski definition) is 2. The Morgan fingerprint density at radius 2 is 1.29 bits per heavy atom. The minimum atomic E-state index is 0.0997. The van der Waals surface area contributed by atoms with E-state index in [1.165, 1.54) is 92.1 Å². The van der Waals surface area contributed by atoms with E-state index in [4.69, 9.17) is 4.98 Å². The molecule has 1 nitrogen and oxygen atoms in total. The van der Waals surface area contributed by atoms with Gasteiger partial charge in [-0.25, -0.2) is 0 Å². The molecule has 0 atom stereocenters. The Kier molecular flexibility index (Phi) is 11.3. The largest absolute Gasteiger partial charge is 0.255 e. The Bertz CT molecular complexity index is 1810. The molecular weight excluding hydrogens is 599 g/mol. The minimum Gasteiger partial charge on any atom is -0.255 e. The maximum Gasteiger partial charge on any atom is 0.0880 e. The van der Waals surface area contributed by atoms with Crippen LogP contribution in [0, 0.1) is 37.0 Å². The normalized spacial score (nSPS) is 12.8. The minimum absolute atomic E-state index is 0.0997. The summed E-state index contributed by atoms with van der Waals surface area (Å²) < 4.78 is 1.31. The van der Waals surface area contributed by atoms with Crippen LogP contribution in [-0.2, 0) is 11.8 Å². The highest BCUT2D eigenvalue weighted by Crippen LogP contribution is 2.55. The zero-order valence-electron chi connectivity index (χ0n) is 31.9. The number of benzene rings is 3. The topological polar surface area (TPSA) is 12.9 Å². The van der Waals surface area contributed by atoms with Crippen LogP contribution in [0.2, 0.25) is 0 Å². The van der Waals surface area contributed by atoms with Gasteiger partial charge in [-0.2, -0.15) is 0 Å². The van der Waals surface area contributed by atoms with Crippen molar-refractivity contribution in [1.29, 1.82) is 0 Å². The summed E-state index contributed by atoms with van der Waals surface area (Å²) >= 11 is 1.93. The van der Waals surface area contributed by atoms with E-state index in [-0.39, 0.29) is 10.8 Å². The van der Waals surface area contributed by atoms with Crippen molar-refractivity contribution in [3.8, 4) is 21.7 Å². The Balaban J connectivity index is 1.80. The van der Waals surface area contributed by atoms with Crippen LogP contribution < -0.4 is 0 Å². The number of fused-ring (bicyclic) bond motifs is 2. The summed E-state index contributed by atoms with van der Waals surface area (Å²) in [5.74, 6) is 1.86. The molecule has 0 spiro atoms. The van der Waals surface area contributed by atoms with Crippen LogP contribution in [-0.4, -0.2) is 4.98 Å². The van der Waals surface area contributed by atoms with Crippen LogP contribution in [0.3, 0.4) is 0 Å². The number of hydrogen-bond donors (Lipinski definition) is 0. The van der Waals surface area contributed by atoms with Gasteiger partial charge in [0.25, 0.3) is 0 Å². The Morgan fingerprint density at radius 1 is 0.688 bits per heavy atom. The van der Waals surface area contributed by atoms with Crippen LogP contribution >= 0.6 is 11.3 Å². The van der Waals surface area contributed by atoms with Crippen LogP contribution in [0.5, 0.6) is 0 Å². The van der Waals surface area contributed by atoms with E-state index >= 15 is 0 Å². The Labute approximate surface area is 296 Å². The van der Waals surface area contributed by atoms with Crippen molar-refractivity contribution < 1.29 is 0 Å². The summed E-state index contributed by atoms with van der Waals surface area (Å²) in [4.78, 5) is 6.57. The molecule has 2 heterocycles. The van der Waals surface area contributed by atoms with E-state index in [0.717, 1.165) is 12.1 Å². The molecule has 48 heavy (non-hydrogen) atoms. The third kappa shape index (κ3) is 6.51. The van der Waals surface area contributed by atoms with Crippen LogP contribution in [0.1, 0.15) is 123 Å². The van der Waals surface area contributed by atoms with Gasteiger partial charge >= 0.3 is 0 Å². The summed E-state index contributed by atoms with van der Waals surface area (Å²) in [6.07, 6.45) is 10.4. The average molecular weight is 660 g/mol. The van der Waals surface area contributed by atoms with Crippen molar-refractivity contribution in [2.45, 2.75) is 127 Å². The van der Waals surface area contributed by atoms with Gasteiger partial charge < -0.3 is 0 Å². The monoisotopic (exact) mass is 659 g/mol. The zero-order chi connectivity index (χ0) is 34.8. The molecule has 0 radical (unpaired) electrons. The molecule has 0 aliphatic rings. The molecule has 0 aliphatic carbocycles. The number of aryl methyl sites for hydroxylation is 2. The summed E-state index contributed by atoms with van der Waals surface area (Å²) in [5.41, 5.74) is 9.85. The standard InChI is InChI=1S/C46H61NS/c1-12-35(13-2)46(36(14-3)15-4,37(16-5)17-6)41-28-34(27-33-20-18-19-21-40(33)41)42-44-39(24-25-47-42)31(8)43(48-44)38-23-22-32(26-30(38)7)29-45(9,10)11/h18-28,35-37H,12-17,29H2,1-11H3. The Morgan fingerprint density at radius 3 is 1.85 bits per heavy atom. The van der Waals surface area contributed by atoms with E-state index < -0.39 is 0 Å². The van der Waals surface area contributed by atoms with Gasteiger partial charge in [0.05, 0.1) is 10.4 Å². The highest BCUT2D eigenvalue weighted by Gasteiger charge is 2.49. The molecular formula is C46H61NS. The third-order valence-corrected chi connectivity index (χ3v) is 13.1. The second-order valence-electron chi connectivity index (χ2n) is 15.7. The third-order valence-electron chi connectivity index (χ3n) is 11.7. The SMILES string of the molecule is CCC(CC)C(c1cc(-c2nccc3c(C)c(-c4ccc(CC(C)(C)C)cc4C)sc23)cc2ccccc12)(C(CC)CC)C(CC)CC. The number of pyridine rings is 1. The zero-order valence-corrected chi connectivity index (χ0v) is 32.7. The first kappa shape index (κ1) is 36.3. The predicted octanol–water partition coefficient (Wildman–Crippen LogP) is 14.5. The van der Waals surface area contributed by atoms with Gasteiger partial charge in [-0.15, -0.1) is 11.3 Å². The van der Waals surface area contributed by atoms with E-state index in [9.17, 15) is 0 Å². The molecule has 0 N–H and O–H groups in total. The summed E-state index contributed by atoms with van der Waals surface area (Å²) in [5, 5.41) is 4.11. The lowest BCUT2D eigenvalue weighted by atomic mass is 9.51. The number of aromatic nitrogens is 1. The first-order valence-electron chi connectivity index (χ1n) is 19.0. The summed E-state index contributed by atoms with van der Waals surface area (Å²) in [6, 6.07) is 23.6. The van der Waals surface area contributed by atoms with Gasteiger partial charge in [0.1, 0.15) is 0 Å². The fraction of sp³-hybridized carbons (Fsp3) is 0.500. The van der Waals surface area contributed by atoms with Gasteiger partial charge in [0, 0.05) is 22.1 Å². The molecule has 0 fully saturated rings. The fourth-order valence-electron chi connectivity index (χ4n) is 9.67. The van der Waals surface area contributed by atoms with Gasteiger partial charge in [-0.05, 0) is 106 Å². The molecule has 0 bridgehead atoms. The van der Waals surface area contributed by atoms with E-state index in [0.29, 0.717) is 17.8 Å². The lowest BCUT2D eigenvalue weighted by Crippen LogP contribution is -2.48. The second kappa shape index (κ2) is 14.9. The van der Waals surface area contributed by atoms with E-state index in [1.54, 1.807) is 5.56 Å². The van der Waals surface area contributed by atoms with Crippen molar-refractivity contribution in [3.05, 3.63) is 89.1 Å². The van der Waals surface area contributed by atoms with Crippen molar-refractivity contribution in [2.24, 2.45) is 23.2 Å². The van der Waals surface area contributed by atoms with Crippen molar-refractivity contribution >= 4 is 32.2 Å². The molecule has 5 rings (SSSR count). The smallest absolute Gasteiger partial charge is 0.0880 e. The second-order valence-corrected chi connectivity index (χ2v) is 16.7. The summed E-state index contributed by atoms with van der Waals surface area (Å²) in [6.45, 7) is 26.2. The summed E-state index contributed by atoms with van der Waals surface area (Å²) in [7, 11) is 0. The van der Waals surface area contributed by atoms with Gasteiger partial charge in [-0.1, -0.05) is 143 Å². The van der Waals surface area contributed by atoms with Crippen LogP contribution in [0.4, 0.5) is 0 Å². The number of rotatable bonds is 13. The molecule has 0 unspecified atom stereocenters. The fourth-order valence-corrected chi connectivity index (χ4v) is 11.1. The number of nitrogens with zero attached hydrogens (tertiary/aromatic N) is 1. The Hall–Kier alpha value is -2.97. The van der Waals surface area contributed by atoms with Crippen LogP contribution in [0.25, 0.3) is 42.6 Å². The first-order chi connectivity index (χ1) is 23.0.